The minimum absolute atomic E-state index is 0.0983. The zero-order valence-corrected chi connectivity index (χ0v) is 11.8. The number of hydrogen-bond donors (Lipinski definition) is 2. The van der Waals surface area contributed by atoms with Gasteiger partial charge in [-0.3, -0.25) is 10.2 Å². The number of aromatic nitrogens is 5. The lowest BCUT2D eigenvalue weighted by atomic mass is 10.0. The third-order valence-electron chi connectivity index (χ3n) is 3.64. The Hall–Kier alpha value is -3.09. The van der Waals surface area contributed by atoms with Crippen molar-refractivity contribution >= 4 is 11.0 Å². The van der Waals surface area contributed by atoms with Gasteiger partial charge in [-0.15, -0.1) is 0 Å². The van der Waals surface area contributed by atoms with Crippen LogP contribution in [0.25, 0.3) is 33.5 Å². The van der Waals surface area contributed by atoms with Gasteiger partial charge < -0.3 is 0 Å². The van der Waals surface area contributed by atoms with Gasteiger partial charge in [0.05, 0.1) is 17.3 Å². The number of H-pyrrole nitrogens is 2. The van der Waals surface area contributed by atoms with Crippen molar-refractivity contribution in [3.05, 3.63) is 54.4 Å². The number of benzene rings is 1. The molecular formula is C16H11F2N5. The lowest BCUT2D eigenvalue weighted by molar-refractivity contribution is 0.153. The summed E-state index contributed by atoms with van der Waals surface area (Å²) in [4.78, 5) is 4.40. The molecule has 0 aliphatic rings. The molecule has 23 heavy (non-hydrogen) atoms. The first-order chi connectivity index (χ1) is 11.2. The summed E-state index contributed by atoms with van der Waals surface area (Å²) in [6.45, 7) is 0. The number of rotatable bonds is 3. The fraction of sp³-hybridized carbons (Fsp3) is 0.0625. The van der Waals surface area contributed by atoms with E-state index >= 15 is 0 Å². The van der Waals surface area contributed by atoms with Crippen LogP contribution in [0.2, 0.25) is 0 Å². The minimum Gasteiger partial charge on any atom is -0.285 e. The van der Waals surface area contributed by atoms with Crippen LogP contribution < -0.4 is 0 Å². The molecule has 5 nitrogen and oxygen atoms in total. The Morgan fingerprint density at radius 2 is 1.87 bits per heavy atom. The predicted octanol–water partition coefficient (Wildman–Crippen LogP) is 3.95. The molecule has 7 heteroatoms. The summed E-state index contributed by atoms with van der Waals surface area (Å²) in [6, 6.07) is 10.6. The first-order valence-electron chi connectivity index (χ1n) is 6.96. The second kappa shape index (κ2) is 5.28. The van der Waals surface area contributed by atoms with Crippen molar-refractivity contribution < 1.29 is 8.78 Å². The van der Waals surface area contributed by atoms with Crippen LogP contribution >= 0.6 is 0 Å². The first kappa shape index (κ1) is 13.6. The average molecular weight is 311 g/mol. The number of hydrogen-bond acceptors (Lipinski definition) is 3. The van der Waals surface area contributed by atoms with Crippen LogP contribution in [0.15, 0.2) is 48.8 Å². The molecule has 4 rings (SSSR count). The van der Waals surface area contributed by atoms with Crippen molar-refractivity contribution in [2.24, 2.45) is 0 Å². The molecule has 3 aromatic heterocycles. The highest BCUT2D eigenvalue weighted by atomic mass is 19.3. The molecule has 0 radical (unpaired) electrons. The highest BCUT2D eigenvalue weighted by Crippen LogP contribution is 2.35. The average Bonchev–Trinajstić information content (AvgIpc) is 3.24. The van der Waals surface area contributed by atoms with Gasteiger partial charge in [0.1, 0.15) is 5.69 Å². The van der Waals surface area contributed by atoms with Gasteiger partial charge >= 0.3 is 0 Å². The summed E-state index contributed by atoms with van der Waals surface area (Å²) < 4.78 is 27.2. The summed E-state index contributed by atoms with van der Waals surface area (Å²) in [5, 5.41) is 13.8. The maximum Gasteiger partial charge on any atom is 0.264 e. The summed E-state index contributed by atoms with van der Waals surface area (Å²) >= 11 is 0. The van der Waals surface area contributed by atoms with E-state index in [9.17, 15) is 8.78 Å². The normalized spacial score (nSPS) is 11.4. The predicted molar refractivity (Wildman–Crippen MR) is 81.9 cm³/mol. The van der Waals surface area contributed by atoms with E-state index in [0.717, 1.165) is 5.56 Å². The molecule has 0 aliphatic carbocycles. The minimum atomic E-state index is -2.63. The lowest BCUT2D eigenvalue weighted by Crippen LogP contribution is -1.92. The largest absolute Gasteiger partial charge is 0.285 e. The van der Waals surface area contributed by atoms with E-state index in [-0.39, 0.29) is 5.56 Å². The van der Waals surface area contributed by atoms with Crippen molar-refractivity contribution in [1.82, 2.24) is 25.4 Å². The Morgan fingerprint density at radius 3 is 2.57 bits per heavy atom. The van der Waals surface area contributed by atoms with Crippen molar-refractivity contribution in [2.75, 3.05) is 0 Å². The number of alkyl halides is 2. The monoisotopic (exact) mass is 311 g/mol. The summed E-state index contributed by atoms with van der Waals surface area (Å²) in [5.41, 5.74) is 2.53. The van der Waals surface area contributed by atoms with Gasteiger partial charge in [-0.1, -0.05) is 30.3 Å². The molecule has 0 saturated heterocycles. The van der Waals surface area contributed by atoms with Gasteiger partial charge in [-0.05, 0) is 6.07 Å². The fourth-order valence-corrected chi connectivity index (χ4v) is 2.58. The van der Waals surface area contributed by atoms with Crippen LogP contribution in [0.5, 0.6) is 0 Å². The summed E-state index contributed by atoms with van der Waals surface area (Å²) in [5.74, 6) is 0. The third kappa shape index (κ3) is 2.26. The maximum atomic E-state index is 13.6. The van der Waals surface area contributed by atoms with Crippen molar-refractivity contribution in [3.8, 4) is 22.5 Å². The van der Waals surface area contributed by atoms with Gasteiger partial charge in [-0.25, -0.2) is 13.8 Å². The van der Waals surface area contributed by atoms with Crippen LogP contribution in [0, 0.1) is 0 Å². The molecule has 0 fully saturated rings. The Labute approximate surface area is 129 Å². The Bertz CT molecular complexity index is 945. The van der Waals surface area contributed by atoms with Gasteiger partial charge in [0, 0.05) is 22.9 Å². The molecule has 0 saturated carbocycles. The van der Waals surface area contributed by atoms with Crippen LogP contribution in [-0.4, -0.2) is 25.4 Å². The van der Waals surface area contributed by atoms with Gasteiger partial charge in [0.15, 0.2) is 5.65 Å². The molecule has 0 spiro atoms. The van der Waals surface area contributed by atoms with Crippen LogP contribution in [0.1, 0.15) is 12.0 Å². The summed E-state index contributed by atoms with van der Waals surface area (Å²) in [6.07, 6.45) is 0.515. The Kier molecular flexibility index (Phi) is 3.11. The zero-order chi connectivity index (χ0) is 15.8. The van der Waals surface area contributed by atoms with E-state index in [2.05, 4.69) is 25.4 Å². The molecule has 3 heterocycles. The third-order valence-corrected chi connectivity index (χ3v) is 3.64. The maximum absolute atomic E-state index is 13.6. The van der Waals surface area contributed by atoms with Crippen molar-refractivity contribution in [2.45, 2.75) is 6.43 Å². The molecule has 0 aliphatic heterocycles. The molecule has 0 unspecified atom stereocenters. The number of nitrogens with one attached hydrogen (secondary N) is 2. The molecule has 0 amide bonds. The Morgan fingerprint density at radius 1 is 1.04 bits per heavy atom. The van der Waals surface area contributed by atoms with E-state index in [1.807, 2.05) is 30.3 Å². The van der Waals surface area contributed by atoms with Crippen LogP contribution in [0.4, 0.5) is 8.78 Å². The number of nitrogens with zero attached hydrogens (tertiary/aromatic N) is 3. The number of fused-ring (bicyclic) bond motifs is 1. The highest BCUT2D eigenvalue weighted by Gasteiger charge is 2.21. The molecule has 1 aromatic carbocycles. The van der Waals surface area contributed by atoms with Gasteiger partial charge in [-0.2, -0.15) is 10.2 Å². The molecule has 2 N–H and O–H groups in total. The Balaban J connectivity index is 1.99. The second-order valence-corrected chi connectivity index (χ2v) is 5.05. The van der Waals surface area contributed by atoms with Gasteiger partial charge in [0.25, 0.3) is 6.43 Å². The highest BCUT2D eigenvalue weighted by molar-refractivity contribution is 5.95. The fourth-order valence-electron chi connectivity index (χ4n) is 2.58. The number of halogens is 2. The van der Waals surface area contributed by atoms with E-state index < -0.39 is 6.43 Å². The van der Waals surface area contributed by atoms with E-state index in [4.69, 9.17) is 0 Å². The van der Waals surface area contributed by atoms with E-state index in [1.165, 1.54) is 12.3 Å². The zero-order valence-electron chi connectivity index (χ0n) is 11.8. The molecule has 0 atom stereocenters. The SMILES string of the molecule is FC(F)c1cc(-c2cn[nH]c2)nc2[nH]nc(-c3ccccc3)c12. The van der Waals surface area contributed by atoms with Crippen molar-refractivity contribution in [1.29, 1.82) is 0 Å². The summed E-state index contributed by atoms with van der Waals surface area (Å²) in [7, 11) is 0. The van der Waals surface area contributed by atoms with E-state index in [1.54, 1.807) is 6.20 Å². The number of pyridine rings is 1. The first-order valence-corrected chi connectivity index (χ1v) is 6.96. The quantitative estimate of drug-likeness (QED) is 0.602. The van der Waals surface area contributed by atoms with Gasteiger partial charge in [0.2, 0.25) is 0 Å². The molecule has 4 aromatic rings. The van der Waals surface area contributed by atoms with Crippen LogP contribution in [0.3, 0.4) is 0 Å². The molecule has 114 valence electrons. The van der Waals surface area contributed by atoms with E-state index in [0.29, 0.717) is 28.0 Å². The molecular weight excluding hydrogens is 300 g/mol. The topological polar surface area (TPSA) is 70.2 Å². The second-order valence-electron chi connectivity index (χ2n) is 5.05. The number of aromatic amines is 2. The lowest BCUT2D eigenvalue weighted by Gasteiger charge is -2.06. The van der Waals surface area contributed by atoms with Crippen molar-refractivity contribution in [3.63, 3.8) is 0 Å². The molecule has 0 bridgehead atoms. The smallest absolute Gasteiger partial charge is 0.264 e. The van der Waals surface area contributed by atoms with Crippen LogP contribution in [-0.2, 0) is 0 Å². The standard InChI is InChI=1S/C16H11F2N5/c17-15(18)11-6-12(10-7-19-20-8-10)21-16-13(11)14(22-23-16)9-4-2-1-3-5-9/h1-8,15H,(H,19,20)(H,21,22,23).